The monoisotopic (exact) mass is 356 g/mol. The molecule has 0 aromatic carbocycles. The normalized spacial score (nSPS) is 10.9. The van der Waals surface area contributed by atoms with Crippen LogP contribution in [0.15, 0.2) is 17.1 Å². The second kappa shape index (κ2) is 5.56. The van der Waals surface area contributed by atoms with Gasteiger partial charge in [-0.25, -0.2) is 14.2 Å². The molecule has 0 saturated heterocycles. The summed E-state index contributed by atoms with van der Waals surface area (Å²) in [5, 5.41) is 8.66. The molecule has 0 atom stereocenters. The zero-order valence-electron chi connectivity index (χ0n) is 11.3. The highest BCUT2D eigenvalue weighted by atomic mass is 35.5. The largest absolute Gasteiger partial charge is 0.477 e. The van der Waals surface area contributed by atoms with Crippen LogP contribution in [0.25, 0.3) is 16.2 Å². The van der Waals surface area contributed by atoms with Gasteiger partial charge in [-0.05, 0) is 6.07 Å². The summed E-state index contributed by atoms with van der Waals surface area (Å²) in [6.45, 7) is 0. The number of carboxylic acid groups (broad SMARTS) is 1. The number of carboxylic acids is 1. The third-order valence-electron chi connectivity index (χ3n) is 2.90. The number of ether oxygens (including phenoxy) is 1. The van der Waals surface area contributed by atoms with Crippen molar-refractivity contribution in [3.63, 3.8) is 0 Å². The molecule has 8 nitrogen and oxygen atoms in total. The smallest absolute Gasteiger partial charge is 0.341 e. The lowest BCUT2D eigenvalue weighted by Gasteiger charge is -2.08. The summed E-state index contributed by atoms with van der Waals surface area (Å²) in [6.07, 6.45) is 1.04. The Morgan fingerprint density at radius 1 is 1.48 bits per heavy atom. The van der Waals surface area contributed by atoms with Crippen molar-refractivity contribution in [2.75, 3.05) is 7.11 Å². The van der Waals surface area contributed by atoms with Gasteiger partial charge in [-0.2, -0.15) is 4.98 Å². The van der Waals surface area contributed by atoms with Crippen molar-refractivity contribution in [2.45, 2.75) is 0 Å². The Bertz CT molecular complexity index is 1000. The van der Waals surface area contributed by atoms with Crippen LogP contribution in [0.1, 0.15) is 10.4 Å². The Labute approximate surface area is 135 Å². The van der Waals surface area contributed by atoms with Crippen molar-refractivity contribution in [3.05, 3.63) is 39.0 Å². The number of methoxy groups -OCH3 is 1. The number of hydrogen-bond donors (Lipinski definition) is 1. The average Bonchev–Trinajstić information content (AvgIpc) is 2.98. The van der Waals surface area contributed by atoms with Crippen molar-refractivity contribution in [1.82, 2.24) is 18.9 Å². The number of hydrogen-bond acceptors (Lipinski definition) is 7. The molecule has 3 heterocycles. The van der Waals surface area contributed by atoms with Gasteiger partial charge in [-0.3, -0.25) is 9.36 Å². The van der Waals surface area contributed by atoms with E-state index in [1.165, 1.54) is 11.7 Å². The Morgan fingerprint density at radius 3 is 2.83 bits per heavy atom. The van der Waals surface area contributed by atoms with E-state index in [4.69, 9.17) is 21.4 Å². The van der Waals surface area contributed by atoms with Gasteiger partial charge in [-0.15, -0.1) is 4.37 Å². The second-order valence-corrected chi connectivity index (χ2v) is 5.33. The molecule has 118 valence electrons. The van der Waals surface area contributed by atoms with Crippen LogP contribution in [-0.4, -0.2) is 37.1 Å². The van der Waals surface area contributed by atoms with Crippen LogP contribution in [0.2, 0.25) is 5.15 Å². The molecular weight excluding hydrogens is 351 g/mol. The van der Waals surface area contributed by atoms with Crippen LogP contribution in [0.5, 0.6) is 6.01 Å². The van der Waals surface area contributed by atoms with Gasteiger partial charge in [0, 0.05) is 17.7 Å². The van der Waals surface area contributed by atoms with Crippen molar-refractivity contribution < 1.29 is 19.0 Å². The zero-order chi connectivity index (χ0) is 16.7. The Kier molecular flexibility index (Phi) is 3.70. The fraction of sp³-hybridized carbons (Fsp3) is 0.0833. The van der Waals surface area contributed by atoms with E-state index in [1.54, 1.807) is 0 Å². The highest BCUT2D eigenvalue weighted by Gasteiger charge is 2.20. The van der Waals surface area contributed by atoms with Gasteiger partial charge in [-0.1, -0.05) is 11.6 Å². The molecule has 0 aliphatic rings. The number of rotatable bonds is 3. The van der Waals surface area contributed by atoms with Gasteiger partial charge in [0.15, 0.2) is 16.6 Å². The standard InChI is InChI=1S/C12H6ClFN4O4S/c1-22-11-16-12(23-17-11)18-3-5(10(20)21)7(19)4-2-6(14)8(13)15-9(4)18/h2-3H,1H3,(H,20,21). The van der Waals surface area contributed by atoms with Crippen LogP contribution in [0.4, 0.5) is 4.39 Å². The fourth-order valence-electron chi connectivity index (χ4n) is 1.88. The quantitative estimate of drug-likeness (QED) is 0.712. The Hall–Kier alpha value is -2.59. The molecule has 0 unspecified atom stereocenters. The van der Waals surface area contributed by atoms with Crippen LogP contribution in [-0.2, 0) is 0 Å². The first kappa shape index (κ1) is 15.3. The second-order valence-electron chi connectivity index (χ2n) is 4.24. The van der Waals surface area contributed by atoms with Crippen LogP contribution in [0, 0.1) is 5.82 Å². The molecule has 11 heteroatoms. The fourth-order valence-corrected chi connectivity index (χ4v) is 2.64. The maximum Gasteiger partial charge on any atom is 0.341 e. The number of carbonyl (C=O) groups is 1. The molecule has 23 heavy (non-hydrogen) atoms. The van der Waals surface area contributed by atoms with Crippen LogP contribution < -0.4 is 10.2 Å². The maximum atomic E-state index is 13.6. The molecule has 3 rings (SSSR count). The lowest BCUT2D eigenvalue weighted by atomic mass is 10.2. The zero-order valence-corrected chi connectivity index (χ0v) is 12.9. The van der Waals surface area contributed by atoms with Gasteiger partial charge in [0.25, 0.3) is 0 Å². The van der Waals surface area contributed by atoms with Gasteiger partial charge >= 0.3 is 12.0 Å². The highest BCUT2D eigenvalue weighted by molar-refractivity contribution is 7.08. The van der Waals surface area contributed by atoms with Crippen molar-refractivity contribution in [3.8, 4) is 11.1 Å². The molecule has 0 radical (unpaired) electrons. The minimum absolute atomic E-state index is 0.0368. The highest BCUT2D eigenvalue weighted by Crippen LogP contribution is 2.23. The summed E-state index contributed by atoms with van der Waals surface area (Å²) in [5.74, 6) is -2.39. The summed E-state index contributed by atoms with van der Waals surface area (Å²) in [4.78, 5) is 31.2. The lowest BCUT2D eigenvalue weighted by Crippen LogP contribution is -2.19. The third kappa shape index (κ3) is 2.51. The molecule has 1 N–H and O–H groups in total. The van der Waals surface area contributed by atoms with Gasteiger partial charge in [0.05, 0.1) is 12.5 Å². The minimum Gasteiger partial charge on any atom is -0.477 e. The summed E-state index contributed by atoms with van der Waals surface area (Å²) < 4.78 is 23.6. The predicted molar refractivity (Wildman–Crippen MR) is 79.3 cm³/mol. The van der Waals surface area contributed by atoms with Gasteiger partial charge < -0.3 is 9.84 Å². The van der Waals surface area contributed by atoms with E-state index < -0.39 is 27.9 Å². The number of pyridine rings is 2. The van der Waals surface area contributed by atoms with Gasteiger partial charge in [0.2, 0.25) is 10.6 Å². The van der Waals surface area contributed by atoms with Crippen LogP contribution in [0.3, 0.4) is 0 Å². The molecular formula is C12H6ClFN4O4S. The van der Waals surface area contributed by atoms with Crippen molar-refractivity contribution >= 4 is 40.1 Å². The Balaban J connectivity index is 2.44. The topological polar surface area (TPSA) is 107 Å². The van der Waals surface area contributed by atoms with E-state index in [-0.39, 0.29) is 22.2 Å². The van der Waals surface area contributed by atoms with E-state index >= 15 is 0 Å². The van der Waals surface area contributed by atoms with Crippen molar-refractivity contribution in [2.24, 2.45) is 0 Å². The lowest BCUT2D eigenvalue weighted by molar-refractivity contribution is 0.0695. The number of aromatic carboxylic acids is 1. The Morgan fingerprint density at radius 2 is 2.22 bits per heavy atom. The van der Waals surface area contributed by atoms with E-state index in [2.05, 4.69) is 14.3 Å². The molecule has 3 aromatic rings. The van der Waals surface area contributed by atoms with Gasteiger partial charge in [0.1, 0.15) is 5.56 Å². The molecule has 0 fully saturated rings. The average molecular weight is 357 g/mol. The number of fused-ring (bicyclic) bond motifs is 1. The van der Waals surface area contributed by atoms with E-state index in [0.29, 0.717) is 0 Å². The summed E-state index contributed by atoms with van der Waals surface area (Å²) in [6, 6.07) is 0.899. The molecule has 3 aromatic heterocycles. The molecule has 0 spiro atoms. The SMILES string of the molecule is COc1nsc(-n2cc(C(=O)O)c(=O)c3cc(F)c(Cl)nc32)n1. The van der Waals surface area contributed by atoms with Crippen LogP contribution >= 0.6 is 23.1 Å². The van der Waals surface area contributed by atoms with E-state index in [1.807, 2.05) is 0 Å². The number of nitrogens with zero attached hydrogens (tertiary/aromatic N) is 4. The van der Waals surface area contributed by atoms with E-state index in [9.17, 15) is 14.0 Å². The predicted octanol–water partition coefficient (Wildman–Crippen LogP) is 1.74. The molecule has 0 amide bonds. The number of halogens is 2. The molecule has 0 aliphatic carbocycles. The summed E-state index contributed by atoms with van der Waals surface area (Å²) in [7, 11) is 1.36. The summed E-state index contributed by atoms with van der Waals surface area (Å²) in [5.41, 5.74) is -1.47. The molecule has 0 bridgehead atoms. The first-order valence-electron chi connectivity index (χ1n) is 5.95. The minimum atomic E-state index is -1.46. The van der Waals surface area contributed by atoms with E-state index in [0.717, 1.165) is 23.8 Å². The maximum absolute atomic E-state index is 13.6. The van der Waals surface area contributed by atoms with Crippen molar-refractivity contribution in [1.29, 1.82) is 0 Å². The third-order valence-corrected chi connectivity index (χ3v) is 3.87. The number of aromatic nitrogens is 4. The molecule has 0 saturated carbocycles. The summed E-state index contributed by atoms with van der Waals surface area (Å²) >= 11 is 6.54. The molecule has 0 aliphatic heterocycles. The first-order chi connectivity index (χ1) is 10.9. The first-order valence-corrected chi connectivity index (χ1v) is 7.10.